The van der Waals surface area contributed by atoms with Crippen LogP contribution in [-0.4, -0.2) is 44.9 Å². The van der Waals surface area contributed by atoms with Gasteiger partial charge in [0.25, 0.3) is 11.5 Å². The highest BCUT2D eigenvalue weighted by Crippen LogP contribution is 2.48. The number of aliphatic hydroxyl groups excluding tert-OH is 1. The van der Waals surface area contributed by atoms with Gasteiger partial charge in [0.15, 0.2) is 0 Å². The fourth-order valence-electron chi connectivity index (χ4n) is 6.75. The van der Waals surface area contributed by atoms with Gasteiger partial charge in [-0.3, -0.25) is 9.59 Å². The second kappa shape index (κ2) is 11.9. The number of pyridine rings is 2. The highest BCUT2D eigenvalue weighted by atomic mass is 16.5. The number of ether oxygens (including phenoxy) is 1. The minimum Gasteiger partial charge on any atom is -0.471 e. The van der Waals surface area contributed by atoms with Crippen molar-refractivity contribution in [2.24, 2.45) is 5.41 Å². The molecule has 43 heavy (non-hydrogen) atoms. The van der Waals surface area contributed by atoms with Gasteiger partial charge in [-0.15, -0.1) is 0 Å². The van der Waals surface area contributed by atoms with E-state index in [2.05, 4.69) is 49.6 Å². The van der Waals surface area contributed by atoms with Gasteiger partial charge in [-0.05, 0) is 79.2 Å². The Bertz CT molecular complexity index is 1540. The first-order chi connectivity index (χ1) is 20.6. The average molecular weight is 585 g/mol. The van der Waals surface area contributed by atoms with E-state index in [4.69, 9.17) is 9.72 Å². The molecule has 1 fully saturated rings. The third kappa shape index (κ3) is 6.86. The van der Waals surface area contributed by atoms with Gasteiger partial charge in [0.2, 0.25) is 5.88 Å². The summed E-state index contributed by atoms with van der Waals surface area (Å²) in [5, 5.41) is 18.4. The zero-order valence-electron chi connectivity index (χ0n) is 25.6. The number of carbonyl (C=O) groups is 1. The first kappa shape index (κ1) is 29.6. The zero-order valence-corrected chi connectivity index (χ0v) is 25.6. The van der Waals surface area contributed by atoms with Crippen LogP contribution in [0.1, 0.15) is 91.5 Å². The van der Waals surface area contributed by atoms with E-state index in [9.17, 15) is 14.7 Å². The van der Waals surface area contributed by atoms with Gasteiger partial charge in [0.1, 0.15) is 5.60 Å². The molecule has 0 radical (unpaired) electrons. The van der Waals surface area contributed by atoms with Gasteiger partial charge in [-0.25, -0.2) is 4.98 Å². The number of fused-ring (bicyclic) bond motifs is 5. The summed E-state index contributed by atoms with van der Waals surface area (Å²) in [5.74, 6) is 0.395. The number of aromatic nitrogens is 2. The average Bonchev–Trinajstić information content (AvgIpc) is 2.95. The molecule has 0 saturated heterocycles. The van der Waals surface area contributed by atoms with E-state index in [1.165, 1.54) is 17.2 Å². The Morgan fingerprint density at radius 2 is 1.95 bits per heavy atom. The molecule has 2 aliphatic heterocycles. The number of aryl methyl sites for hydroxylation is 2. The zero-order chi connectivity index (χ0) is 30.2. The normalized spacial score (nSPS) is 22.1. The lowest BCUT2D eigenvalue weighted by Gasteiger charge is -2.47. The van der Waals surface area contributed by atoms with Crippen LogP contribution in [0.4, 0.5) is 0 Å². The van der Waals surface area contributed by atoms with Crippen LogP contribution in [0.3, 0.4) is 0 Å². The van der Waals surface area contributed by atoms with Gasteiger partial charge >= 0.3 is 0 Å². The number of nitrogens with one attached hydrogen (secondary N) is 2. The van der Waals surface area contributed by atoms with E-state index in [0.717, 1.165) is 56.1 Å². The molecule has 0 unspecified atom stereocenters. The molecule has 4 bridgehead atoms. The third-order valence-electron chi connectivity index (χ3n) is 9.11. The molecule has 3 aromatic rings. The maximum atomic E-state index is 13.4. The molecular formula is C35H44N4O4. The van der Waals surface area contributed by atoms with E-state index >= 15 is 0 Å². The quantitative estimate of drug-likeness (QED) is 0.408. The second-order valence-corrected chi connectivity index (χ2v) is 14.0. The molecule has 228 valence electrons. The van der Waals surface area contributed by atoms with Crippen LogP contribution in [0.25, 0.3) is 0 Å². The first-order valence-corrected chi connectivity index (χ1v) is 15.7. The number of nitrogens with zero attached hydrogens (tertiary/aromatic N) is 2. The number of aliphatic hydroxyl groups is 1. The van der Waals surface area contributed by atoms with Gasteiger partial charge in [-0.2, -0.15) is 0 Å². The van der Waals surface area contributed by atoms with Gasteiger partial charge in [0.05, 0.1) is 17.7 Å². The Morgan fingerprint density at radius 3 is 2.72 bits per heavy atom. The number of carbonyl (C=O) groups excluding carboxylic acids is 1. The summed E-state index contributed by atoms with van der Waals surface area (Å²) in [6.07, 6.45) is 9.74. The fraction of sp³-hybridized carbons (Fsp3) is 0.514. The standard InChI is InChI=1S/C35H44N4O4/c1-34(2,3)18-25-16-27-29(19-35(12-6-13-35)43-33(27)37-20-25)36-21-30(40)28-17-24-8-4-7-23(15-24)9-5-14-39-22-26(32(42)38-28)10-11-31(39)41/h4,7-8,10-11,15-16,20,22,28-30,36,40H,5-6,9,12-14,17-19,21H2,1-3H3,(H,38,42)/t28-,29-,30+/m0/s1. The van der Waals surface area contributed by atoms with Crippen LogP contribution in [0.15, 0.2) is 59.7 Å². The molecule has 8 heteroatoms. The summed E-state index contributed by atoms with van der Waals surface area (Å²) in [6, 6.07) is 13.0. The van der Waals surface area contributed by atoms with Crippen molar-refractivity contribution < 1.29 is 14.6 Å². The van der Waals surface area contributed by atoms with Crippen molar-refractivity contribution >= 4 is 5.91 Å². The van der Waals surface area contributed by atoms with Crippen LogP contribution in [0.5, 0.6) is 5.88 Å². The van der Waals surface area contributed by atoms with Crippen molar-refractivity contribution in [3.63, 3.8) is 0 Å². The van der Waals surface area contributed by atoms with Crippen molar-refractivity contribution in [3.05, 3.63) is 93.0 Å². The summed E-state index contributed by atoms with van der Waals surface area (Å²) in [7, 11) is 0. The van der Waals surface area contributed by atoms with Crippen LogP contribution in [0, 0.1) is 5.41 Å². The van der Waals surface area contributed by atoms with Crippen LogP contribution in [-0.2, 0) is 25.8 Å². The molecule has 1 aliphatic carbocycles. The Hall–Kier alpha value is -3.49. The molecular weight excluding hydrogens is 540 g/mol. The number of hydrogen-bond donors (Lipinski definition) is 3. The molecule has 8 nitrogen and oxygen atoms in total. The summed E-state index contributed by atoms with van der Waals surface area (Å²) in [5.41, 5.74) is 4.69. The minimum atomic E-state index is -0.849. The summed E-state index contributed by atoms with van der Waals surface area (Å²) < 4.78 is 8.06. The maximum absolute atomic E-state index is 13.4. The van der Waals surface area contributed by atoms with E-state index < -0.39 is 12.1 Å². The van der Waals surface area contributed by atoms with Crippen molar-refractivity contribution in [3.8, 4) is 5.88 Å². The number of benzene rings is 1. The Balaban J connectivity index is 1.24. The Kier molecular flexibility index (Phi) is 8.18. The van der Waals surface area contributed by atoms with E-state index in [0.29, 0.717) is 31.0 Å². The highest BCUT2D eigenvalue weighted by Gasteiger charge is 2.46. The van der Waals surface area contributed by atoms with Gasteiger partial charge < -0.3 is 25.0 Å². The molecule has 6 rings (SSSR count). The molecule has 1 spiro atoms. The molecule has 3 aliphatic rings. The number of hydrogen-bond acceptors (Lipinski definition) is 6. The van der Waals surface area contributed by atoms with Crippen molar-refractivity contribution in [2.45, 2.75) is 102 Å². The van der Waals surface area contributed by atoms with E-state index in [1.54, 1.807) is 16.8 Å². The van der Waals surface area contributed by atoms with Crippen LogP contribution >= 0.6 is 0 Å². The largest absolute Gasteiger partial charge is 0.471 e. The summed E-state index contributed by atoms with van der Waals surface area (Å²) >= 11 is 0. The molecule has 4 heterocycles. The lowest BCUT2D eigenvalue weighted by atomic mass is 9.73. The summed E-state index contributed by atoms with van der Waals surface area (Å²) in [4.78, 5) is 30.6. The fourth-order valence-corrected chi connectivity index (χ4v) is 6.75. The predicted molar refractivity (Wildman–Crippen MR) is 166 cm³/mol. The molecule has 3 N–H and O–H groups in total. The molecule has 2 aromatic heterocycles. The van der Waals surface area contributed by atoms with Crippen molar-refractivity contribution in [1.82, 2.24) is 20.2 Å². The second-order valence-electron chi connectivity index (χ2n) is 14.0. The lowest BCUT2D eigenvalue weighted by Crippen LogP contribution is -2.52. The highest BCUT2D eigenvalue weighted by molar-refractivity contribution is 5.94. The Morgan fingerprint density at radius 1 is 1.14 bits per heavy atom. The predicted octanol–water partition coefficient (Wildman–Crippen LogP) is 4.52. The molecule has 3 atom stereocenters. The van der Waals surface area contributed by atoms with Crippen molar-refractivity contribution in [2.75, 3.05) is 6.54 Å². The van der Waals surface area contributed by atoms with Gasteiger partial charge in [0, 0.05) is 49.6 Å². The molecule has 1 amide bonds. The lowest BCUT2D eigenvalue weighted by molar-refractivity contribution is -0.0421. The van der Waals surface area contributed by atoms with Crippen LogP contribution in [0.2, 0.25) is 0 Å². The smallest absolute Gasteiger partial charge is 0.253 e. The Labute approximate surface area is 253 Å². The molecule has 1 saturated carbocycles. The number of amides is 1. The SMILES string of the molecule is CC(C)(C)Cc1cnc2c(c1)[C@@H](NC[C@@H](O)[C@@H]1Cc3cccc(c3)CCCn3cc(ccc3=O)C(=O)N1)CC1(CCC1)O2. The third-order valence-corrected chi connectivity index (χ3v) is 9.11. The van der Waals surface area contributed by atoms with E-state index in [1.807, 2.05) is 18.3 Å². The maximum Gasteiger partial charge on any atom is 0.253 e. The monoisotopic (exact) mass is 584 g/mol. The summed E-state index contributed by atoms with van der Waals surface area (Å²) in [6.45, 7) is 7.51. The topological polar surface area (TPSA) is 105 Å². The first-order valence-electron chi connectivity index (χ1n) is 15.7. The van der Waals surface area contributed by atoms with Gasteiger partial charge in [-0.1, -0.05) is 45.0 Å². The van der Waals surface area contributed by atoms with Crippen LogP contribution < -0.4 is 20.9 Å². The van der Waals surface area contributed by atoms with Crippen molar-refractivity contribution in [1.29, 1.82) is 0 Å². The molecule has 1 aromatic carbocycles. The minimum absolute atomic E-state index is 0.0107. The number of rotatable bonds is 5. The van der Waals surface area contributed by atoms with E-state index in [-0.39, 0.29) is 28.5 Å².